The van der Waals surface area contributed by atoms with Crippen LogP contribution < -0.4 is 5.32 Å². The first kappa shape index (κ1) is 11.6. The SMILES string of the molecule is O=C(NCC(O)CO)c1ccccc1F. The van der Waals surface area contributed by atoms with Crippen molar-refractivity contribution in [3.05, 3.63) is 35.6 Å². The normalized spacial score (nSPS) is 12.2. The van der Waals surface area contributed by atoms with E-state index in [9.17, 15) is 9.18 Å². The van der Waals surface area contributed by atoms with Crippen molar-refractivity contribution in [2.24, 2.45) is 0 Å². The van der Waals surface area contributed by atoms with Crippen molar-refractivity contribution in [1.29, 1.82) is 0 Å². The van der Waals surface area contributed by atoms with Crippen LogP contribution in [0.25, 0.3) is 0 Å². The average Bonchev–Trinajstić information content (AvgIpc) is 2.26. The van der Waals surface area contributed by atoms with Crippen LogP contribution in [0.2, 0.25) is 0 Å². The highest BCUT2D eigenvalue weighted by atomic mass is 19.1. The lowest BCUT2D eigenvalue weighted by atomic mass is 10.2. The third kappa shape index (κ3) is 3.30. The Balaban J connectivity index is 2.58. The minimum atomic E-state index is -1.03. The fourth-order valence-electron chi connectivity index (χ4n) is 1.02. The van der Waals surface area contributed by atoms with Gasteiger partial charge < -0.3 is 15.5 Å². The molecule has 1 aromatic rings. The van der Waals surface area contributed by atoms with Crippen molar-refractivity contribution in [3.63, 3.8) is 0 Å². The summed E-state index contributed by atoms with van der Waals surface area (Å²) in [6, 6.07) is 5.54. The molecule has 0 aliphatic carbocycles. The lowest BCUT2D eigenvalue weighted by Crippen LogP contribution is -2.34. The van der Waals surface area contributed by atoms with Gasteiger partial charge in [0.15, 0.2) is 0 Å². The molecule has 1 unspecified atom stereocenters. The van der Waals surface area contributed by atoms with Gasteiger partial charge in [0.25, 0.3) is 5.91 Å². The third-order valence-electron chi connectivity index (χ3n) is 1.83. The van der Waals surface area contributed by atoms with Crippen LogP contribution in [0, 0.1) is 5.82 Å². The zero-order chi connectivity index (χ0) is 11.3. The number of halogens is 1. The van der Waals surface area contributed by atoms with E-state index in [0.717, 1.165) is 0 Å². The Kier molecular flexibility index (Phi) is 4.20. The molecule has 0 aliphatic rings. The molecule has 82 valence electrons. The maximum absolute atomic E-state index is 13.1. The number of hydrogen-bond acceptors (Lipinski definition) is 3. The predicted molar refractivity (Wildman–Crippen MR) is 51.8 cm³/mol. The minimum Gasteiger partial charge on any atom is -0.394 e. The van der Waals surface area contributed by atoms with Crippen LogP contribution in [0.5, 0.6) is 0 Å². The number of hydrogen-bond donors (Lipinski definition) is 3. The Hall–Kier alpha value is -1.46. The maximum Gasteiger partial charge on any atom is 0.254 e. The van der Waals surface area contributed by atoms with Crippen molar-refractivity contribution >= 4 is 5.91 Å². The fraction of sp³-hybridized carbons (Fsp3) is 0.300. The van der Waals surface area contributed by atoms with Crippen LogP contribution in [0.15, 0.2) is 24.3 Å². The molecule has 0 heterocycles. The smallest absolute Gasteiger partial charge is 0.254 e. The van der Waals surface area contributed by atoms with Gasteiger partial charge in [-0.3, -0.25) is 4.79 Å². The Morgan fingerprint density at radius 2 is 2.13 bits per heavy atom. The van der Waals surface area contributed by atoms with Gasteiger partial charge >= 0.3 is 0 Å². The van der Waals surface area contributed by atoms with Crippen LogP contribution in [0.3, 0.4) is 0 Å². The number of benzene rings is 1. The van der Waals surface area contributed by atoms with E-state index in [0.29, 0.717) is 0 Å². The molecule has 0 bridgehead atoms. The van der Waals surface area contributed by atoms with Crippen LogP contribution in [-0.4, -0.2) is 35.4 Å². The van der Waals surface area contributed by atoms with E-state index in [-0.39, 0.29) is 12.1 Å². The van der Waals surface area contributed by atoms with Gasteiger partial charge in [0.05, 0.1) is 18.3 Å². The molecular formula is C10H12FNO3. The number of amides is 1. The standard InChI is InChI=1S/C10H12FNO3/c11-9-4-2-1-3-8(9)10(15)12-5-7(14)6-13/h1-4,7,13-14H,5-6H2,(H,12,15). The summed E-state index contributed by atoms with van der Waals surface area (Å²) in [7, 11) is 0. The summed E-state index contributed by atoms with van der Waals surface area (Å²) in [6.07, 6.45) is -1.03. The summed E-state index contributed by atoms with van der Waals surface area (Å²) in [5, 5.41) is 19.8. The van der Waals surface area contributed by atoms with Crippen molar-refractivity contribution < 1.29 is 19.4 Å². The molecule has 1 rings (SSSR count). The van der Waals surface area contributed by atoms with Gasteiger partial charge in [-0.15, -0.1) is 0 Å². The van der Waals surface area contributed by atoms with E-state index in [1.54, 1.807) is 6.07 Å². The van der Waals surface area contributed by atoms with Gasteiger partial charge in [-0.25, -0.2) is 4.39 Å². The molecule has 0 fully saturated rings. The number of carbonyl (C=O) groups excluding carboxylic acids is 1. The highest BCUT2D eigenvalue weighted by Gasteiger charge is 2.11. The zero-order valence-corrected chi connectivity index (χ0v) is 7.98. The molecule has 1 amide bonds. The van der Waals surface area contributed by atoms with Crippen molar-refractivity contribution in [3.8, 4) is 0 Å². The molecule has 0 aromatic heterocycles. The number of aliphatic hydroxyl groups is 2. The van der Waals surface area contributed by atoms with E-state index in [4.69, 9.17) is 10.2 Å². The topological polar surface area (TPSA) is 69.6 Å². The highest BCUT2D eigenvalue weighted by molar-refractivity contribution is 5.94. The molecule has 5 heteroatoms. The van der Waals surface area contributed by atoms with E-state index in [1.165, 1.54) is 18.2 Å². The maximum atomic E-state index is 13.1. The number of nitrogens with one attached hydrogen (secondary N) is 1. The molecule has 0 spiro atoms. The van der Waals surface area contributed by atoms with Crippen LogP contribution in [0.4, 0.5) is 4.39 Å². The van der Waals surface area contributed by atoms with Gasteiger partial charge in [0.2, 0.25) is 0 Å². The van der Waals surface area contributed by atoms with Crippen LogP contribution in [0.1, 0.15) is 10.4 Å². The molecular weight excluding hydrogens is 201 g/mol. The largest absolute Gasteiger partial charge is 0.394 e. The average molecular weight is 213 g/mol. The second kappa shape index (κ2) is 5.43. The van der Waals surface area contributed by atoms with E-state index < -0.39 is 24.4 Å². The molecule has 1 aromatic carbocycles. The minimum absolute atomic E-state index is 0.0809. The summed E-state index contributed by atoms with van der Waals surface area (Å²) < 4.78 is 13.1. The fourth-order valence-corrected chi connectivity index (χ4v) is 1.02. The summed E-state index contributed by atoms with van der Waals surface area (Å²) in [5.41, 5.74) is -0.0809. The summed E-state index contributed by atoms with van der Waals surface area (Å²) in [4.78, 5) is 11.3. The van der Waals surface area contributed by atoms with Gasteiger partial charge in [-0.05, 0) is 12.1 Å². The van der Waals surface area contributed by atoms with Crippen LogP contribution in [-0.2, 0) is 0 Å². The van der Waals surface area contributed by atoms with Gasteiger partial charge in [0.1, 0.15) is 5.82 Å². The highest BCUT2D eigenvalue weighted by Crippen LogP contribution is 2.05. The molecule has 15 heavy (non-hydrogen) atoms. The first-order chi connectivity index (χ1) is 7.15. The van der Waals surface area contributed by atoms with E-state index >= 15 is 0 Å². The summed E-state index contributed by atoms with van der Waals surface area (Å²) >= 11 is 0. The Morgan fingerprint density at radius 3 is 2.73 bits per heavy atom. The summed E-state index contributed by atoms with van der Waals surface area (Å²) in [6.45, 7) is -0.554. The first-order valence-electron chi connectivity index (χ1n) is 4.46. The zero-order valence-electron chi connectivity index (χ0n) is 7.98. The quantitative estimate of drug-likeness (QED) is 0.654. The molecule has 0 radical (unpaired) electrons. The molecule has 4 nitrogen and oxygen atoms in total. The van der Waals surface area contributed by atoms with Crippen molar-refractivity contribution in [1.82, 2.24) is 5.32 Å². The third-order valence-corrected chi connectivity index (χ3v) is 1.83. The second-order valence-corrected chi connectivity index (χ2v) is 3.03. The molecule has 0 saturated heterocycles. The van der Waals surface area contributed by atoms with E-state index in [1.807, 2.05) is 0 Å². The second-order valence-electron chi connectivity index (χ2n) is 3.03. The van der Waals surface area contributed by atoms with Crippen molar-refractivity contribution in [2.75, 3.05) is 13.2 Å². The lowest BCUT2D eigenvalue weighted by molar-refractivity contribution is 0.0799. The molecule has 0 saturated carbocycles. The Morgan fingerprint density at radius 1 is 1.47 bits per heavy atom. The molecule has 3 N–H and O–H groups in total. The first-order valence-corrected chi connectivity index (χ1v) is 4.46. The molecule has 0 aliphatic heterocycles. The number of rotatable bonds is 4. The van der Waals surface area contributed by atoms with Gasteiger partial charge in [-0.2, -0.15) is 0 Å². The summed E-state index contributed by atoms with van der Waals surface area (Å²) in [5.74, 6) is -1.23. The van der Waals surface area contributed by atoms with Crippen molar-refractivity contribution in [2.45, 2.75) is 6.10 Å². The van der Waals surface area contributed by atoms with Gasteiger partial charge in [0, 0.05) is 6.54 Å². The molecule has 1 atom stereocenters. The predicted octanol–water partition coefficient (Wildman–Crippen LogP) is -0.0913. The van der Waals surface area contributed by atoms with Gasteiger partial charge in [-0.1, -0.05) is 12.1 Å². The van der Waals surface area contributed by atoms with E-state index in [2.05, 4.69) is 5.32 Å². The Bertz CT molecular complexity index is 343. The lowest BCUT2D eigenvalue weighted by Gasteiger charge is -2.09. The van der Waals surface area contributed by atoms with Crippen LogP contribution >= 0.6 is 0 Å². The number of aliphatic hydroxyl groups excluding tert-OH is 2. The monoisotopic (exact) mass is 213 g/mol. The Labute approximate surface area is 86.4 Å². The number of carbonyl (C=O) groups is 1.